The SMILES string of the molecule is COC(=O)c1ccc(Cl)c(N(C)CCC#N)c1. The summed E-state index contributed by atoms with van der Waals surface area (Å²) >= 11 is 6.04. The highest BCUT2D eigenvalue weighted by Gasteiger charge is 2.11. The van der Waals surface area contributed by atoms with Gasteiger partial charge in [-0.15, -0.1) is 0 Å². The van der Waals surface area contributed by atoms with Gasteiger partial charge >= 0.3 is 5.97 Å². The smallest absolute Gasteiger partial charge is 0.337 e. The molecule has 90 valence electrons. The molecule has 0 fully saturated rings. The van der Waals surface area contributed by atoms with E-state index in [0.717, 1.165) is 0 Å². The third kappa shape index (κ3) is 3.36. The van der Waals surface area contributed by atoms with E-state index in [1.54, 1.807) is 18.2 Å². The fourth-order valence-corrected chi connectivity index (χ4v) is 1.65. The van der Waals surface area contributed by atoms with Crippen LogP contribution in [0.1, 0.15) is 16.8 Å². The molecule has 0 amide bonds. The Morgan fingerprint density at radius 3 is 2.88 bits per heavy atom. The number of halogens is 1. The summed E-state index contributed by atoms with van der Waals surface area (Å²) in [5.41, 5.74) is 1.15. The average molecular weight is 253 g/mol. The van der Waals surface area contributed by atoms with Gasteiger partial charge in [0.25, 0.3) is 0 Å². The molecule has 0 heterocycles. The van der Waals surface area contributed by atoms with Gasteiger partial charge in [-0.25, -0.2) is 4.79 Å². The first-order valence-corrected chi connectivity index (χ1v) is 5.44. The molecule has 0 N–H and O–H groups in total. The molecule has 17 heavy (non-hydrogen) atoms. The van der Waals surface area contributed by atoms with Gasteiger partial charge < -0.3 is 9.64 Å². The molecule has 0 aliphatic carbocycles. The summed E-state index contributed by atoms with van der Waals surface area (Å²) in [5.74, 6) is -0.406. The number of nitrogens with zero attached hydrogens (tertiary/aromatic N) is 2. The number of nitriles is 1. The van der Waals surface area contributed by atoms with Crippen LogP contribution >= 0.6 is 11.6 Å². The summed E-state index contributed by atoms with van der Waals surface area (Å²) in [5, 5.41) is 9.07. The van der Waals surface area contributed by atoms with E-state index in [0.29, 0.717) is 29.2 Å². The lowest BCUT2D eigenvalue weighted by Gasteiger charge is -2.19. The molecular weight excluding hydrogens is 240 g/mol. The third-order valence-electron chi connectivity index (χ3n) is 2.34. The van der Waals surface area contributed by atoms with E-state index in [9.17, 15) is 4.79 Å². The van der Waals surface area contributed by atoms with Gasteiger partial charge in [0.2, 0.25) is 0 Å². The Balaban J connectivity index is 2.98. The summed E-state index contributed by atoms with van der Waals surface area (Å²) < 4.78 is 4.64. The third-order valence-corrected chi connectivity index (χ3v) is 2.66. The van der Waals surface area contributed by atoms with Gasteiger partial charge in [-0.3, -0.25) is 0 Å². The lowest BCUT2D eigenvalue weighted by atomic mass is 10.2. The molecule has 0 aliphatic rings. The minimum atomic E-state index is -0.406. The number of carbonyl (C=O) groups excluding carboxylic acids is 1. The Labute approximate surface area is 105 Å². The van der Waals surface area contributed by atoms with Gasteiger partial charge in [0.1, 0.15) is 0 Å². The van der Waals surface area contributed by atoms with Crippen molar-refractivity contribution in [2.45, 2.75) is 6.42 Å². The zero-order chi connectivity index (χ0) is 12.8. The van der Waals surface area contributed by atoms with Gasteiger partial charge in [-0.1, -0.05) is 11.6 Å². The molecule has 0 bridgehead atoms. The first kappa shape index (κ1) is 13.3. The number of ether oxygens (including phenoxy) is 1. The van der Waals surface area contributed by atoms with Crippen LogP contribution in [0.5, 0.6) is 0 Å². The van der Waals surface area contributed by atoms with E-state index >= 15 is 0 Å². The van der Waals surface area contributed by atoms with Crippen molar-refractivity contribution in [3.8, 4) is 6.07 Å². The predicted octanol–water partition coefficient (Wildman–Crippen LogP) is 2.48. The second kappa shape index (κ2) is 6.12. The lowest BCUT2D eigenvalue weighted by molar-refractivity contribution is 0.0601. The molecule has 0 aromatic heterocycles. The second-order valence-electron chi connectivity index (χ2n) is 3.49. The highest BCUT2D eigenvalue weighted by atomic mass is 35.5. The quantitative estimate of drug-likeness (QED) is 0.773. The average Bonchev–Trinajstić information content (AvgIpc) is 2.35. The van der Waals surface area contributed by atoms with Crippen molar-refractivity contribution >= 4 is 23.3 Å². The van der Waals surface area contributed by atoms with E-state index in [-0.39, 0.29) is 0 Å². The van der Waals surface area contributed by atoms with E-state index in [1.165, 1.54) is 7.11 Å². The Hall–Kier alpha value is -1.73. The van der Waals surface area contributed by atoms with Crippen LogP contribution in [0, 0.1) is 11.3 Å². The summed E-state index contributed by atoms with van der Waals surface area (Å²) in [6, 6.07) is 6.97. The van der Waals surface area contributed by atoms with E-state index in [4.69, 9.17) is 16.9 Å². The number of esters is 1. The van der Waals surface area contributed by atoms with Crippen molar-refractivity contribution in [2.75, 3.05) is 25.6 Å². The van der Waals surface area contributed by atoms with E-state index in [1.807, 2.05) is 11.9 Å². The number of benzene rings is 1. The van der Waals surface area contributed by atoms with Crippen molar-refractivity contribution in [3.05, 3.63) is 28.8 Å². The van der Waals surface area contributed by atoms with Crippen molar-refractivity contribution in [2.24, 2.45) is 0 Å². The number of hydrogen-bond acceptors (Lipinski definition) is 4. The monoisotopic (exact) mass is 252 g/mol. The molecule has 1 aromatic rings. The van der Waals surface area contributed by atoms with Crippen LogP contribution in [-0.2, 0) is 4.74 Å². The van der Waals surface area contributed by atoms with E-state index in [2.05, 4.69) is 10.8 Å². The van der Waals surface area contributed by atoms with Crippen LogP contribution in [0.25, 0.3) is 0 Å². The molecule has 0 unspecified atom stereocenters. The molecular formula is C12H13ClN2O2. The van der Waals surface area contributed by atoms with Crippen LogP contribution in [0.2, 0.25) is 5.02 Å². The van der Waals surface area contributed by atoms with E-state index < -0.39 is 5.97 Å². The van der Waals surface area contributed by atoms with Gasteiger partial charge in [0, 0.05) is 13.6 Å². The number of hydrogen-bond donors (Lipinski definition) is 0. The second-order valence-corrected chi connectivity index (χ2v) is 3.89. The highest BCUT2D eigenvalue weighted by molar-refractivity contribution is 6.33. The largest absolute Gasteiger partial charge is 0.465 e. The standard InChI is InChI=1S/C12H13ClN2O2/c1-15(7-3-6-14)11-8-9(12(16)17-2)4-5-10(11)13/h4-5,8H,3,7H2,1-2H3. The Morgan fingerprint density at radius 1 is 1.59 bits per heavy atom. The summed E-state index contributed by atoms with van der Waals surface area (Å²) in [7, 11) is 3.15. The molecule has 0 saturated heterocycles. The Morgan fingerprint density at radius 2 is 2.29 bits per heavy atom. The van der Waals surface area contributed by atoms with Crippen molar-refractivity contribution < 1.29 is 9.53 Å². The molecule has 4 nitrogen and oxygen atoms in total. The molecule has 1 aromatic carbocycles. The maximum atomic E-state index is 11.4. The van der Waals surface area contributed by atoms with Crippen LogP contribution in [0.3, 0.4) is 0 Å². The number of methoxy groups -OCH3 is 1. The zero-order valence-electron chi connectivity index (χ0n) is 9.74. The maximum Gasteiger partial charge on any atom is 0.337 e. The van der Waals surface area contributed by atoms with Gasteiger partial charge in [-0.05, 0) is 18.2 Å². The fraction of sp³-hybridized carbons (Fsp3) is 0.333. The zero-order valence-corrected chi connectivity index (χ0v) is 10.5. The molecule has 0 aliphatic heterocycles. The molecule has 0 atom stereocenters. The number of anilines is 1. The van der Waals surface area contributed by atoms with Crippen molar-refractivity contribution in [1.29, 1.82) is 5.26 Å². The van der Waals surface area contributed by atoms with Crippen molar-refractivity contribution in [1.82, 2.24) is 0 Å². The van der Waals surface area contributed by atoms with Crippen LogP contribution < -0.4 is 4.90 Å². The summed E-state index contributed by atoms with van der Waals surface area (Å²) in [4.78, 5) is 13.2. The minimum absolute atomic E-state index is 0.398. The first-order chi connectivity index (χ1) is 8.10. The van der Waals surface area contributed by atoms with Crippen LogP contribution in [-0.4, -0.2) is 26.7 Å². The molecule has 0 radical (unpaired) electrons. The Kier molecular flexibility index (Phi) is 4.80. The first-order valence-electron chi connectivity index (χ1n) is 5.06. The molecule has 0 saturated carbocycles. The molecule has 0 spiro atoms. The minimum Gasteiger partial charge on any atom is -0.465 e. The molecule has 5 heteroatoms. The number of rotatable bonds is 4. The highest BCUT2D eigenvalue weighted by Crippen LogP contribution is 2.26. The Bertz CT molecular complexity index is 454. The van der Waals surface area contributed by atoms with Crippen molar-refractivity contribution in [3.63, 3.8) is 0 Å². The number of carbonyl (C=O) groups is 1. The normalized spacial score (nSPS) is 9.53. The van der Waals surface area contributed by atoms with Gasteiger partial charge in [-0.2, -0.15) is 5.26 Å². The van der Waals surface area contributed by atoms with Gasteiger partial charge in [0.15, 0.2) is 0 Å². The van der Waals surface area contributed by atoms with Crippen LogP contribution in [0.4, 0.5) is 5.69 Å². The topological polar surface area (TPSA) is 53.3 Å². The maximum absolute atomic E-state index is 11.4. The lowest BCUT2D eigenvalue weighted by Crippen LogP contribution is -2.19. The fourth-order valence-electron chi connectivity index (χ4n) is 1.39. The van der Waals surface area contributed by atoms with Crippen LogP contribution in [0.15, 0.2) is 18.2 Å². The summed E-state index contributed by atoms with van der Waals surface area (Å²) in [6.45, 7) is 0.556. The predicted molar refractivity (Wildman–Crippen MR) is 66.3 cm³/mol. The molecule has 1 rings (SSSR count). The van der Waals surface area contributed by atoms with Gasteiger partial charge in [0.05, 0.1) is 35.9 Å². The summed E-state index contributed by atoms with van der Waals surface area (Å²) in [6.07, 6.45) is 0.398.